The number of carboxylic acids is 1. The molecule has 0 amide bonds. The van der Waals surface area contributed by atoms with Crippen molar-refractivity contribution in [2.45, 2.75) is 19.8 Å². The molecule has 0 bridgehead atoms. The van der Waals surface area contributed by atoms with Gasteiger partial charge in [-0.3, -0.25) is 0 Å². The van der Waals surface area contributed by atoms with E-state index in [9.17, 15) is 14.3 Å². The van der Waals surface area contributed by atoms with Gasteiger partial charge in [-0.25, -0.2) is 13.9 Å². The Bertz CT molecular complexity index is 685. The molecule has 1 aromatic heterocycles. The molecule has 0 fully saturated rings. The second kappa shape index (κ2) is 6.36. The Hall–Kier alpha value is -1.73. The number of hydrogen-bond donors (Lipinski definition) is 2. The number of aromatic carboxylic acids is 1. The van der Waals surface area contributed by atoms with Crippen molar-refractivity contribution in [1.29, 1.82) is 0 Å². The monoisotopic (exact) mass is 356 g/mol. The molecule has 1 aromatic carbocycles. The maximum absolute atomic E-state index is 13.7. The molecule has 0 aliphatic heterocycles. The lowest BCUT2D eigenvalue weighted by Crippen LogP contribution is -2.04. The van der Waals surface area contributed by atoms with Crippen LogP contribution in [-0.4, -0.2) is 32.6 Å². The fourth-order valence-corrected chi connectivity index (χ4v) is 2.51. The van der Waals surface area contributed by atoms with Crippen LogP contribution >= 0.6 is 15.9 Å². The van der Waals surface area contributed by atoms with Gasteiger partial charge in [-0.1, -0.05) is 0 Å². The quantitative estimate of drug-likeness (QED) is 0.863. The molecule has 0 radical (unpaired) electrons. The fraction of sp³-hybridized carbons (Fsp3) is 0.286. The molecule has 0 atom stereocenters. The summed E-state index contributed by atoms with van der Waals surface area (Å²) >= 11 is 3.10. The summed E-state index contributed by atoms with van der Waals surface area (Å²) in [6, 6.07) is 2.91. The van der Waals surface area contributed by atoms with Gasteiger partial charge in [-0.2, -0.15) is 5.10 Å². The molecule has 0 aliphatic rings. The van der Waals surface area contributed by atoms with Gasteiger partial charge in [0.15, 0.2) is 5.69 Å². The number of aliphatic hydroxyl groups is 1. The van der Waals surface area contributed by atoms with Gasteiger partial charge in [0.05, 0.1) is 10.2 Å². The summed E-state index contributed by atoms with van der Waals surface area (Å²) in [4.78, 5) is 11.2. The molecule has 0 unspecified atom stereocenters. The summed E-state index contributed by atoms with van der Waals surface area (Å²) in [5.41, 5.74) is 1.68. The highest BCUT2D eigenvalue weighted by Gasteiger charge is 2.17. The van der Waals surface area contributed by atoms with Crippen LogP contribution in [0.3, 0.4) is 0 Å². The largest absolute Gasteiger partial charge is 0.476 e. The Kier molecular flexibility index (Phi) is 4.74. The average Bonchev–Trinajstić information content (AvgIpc) is 2.84. The number of rotatable bonds is 5. The molecule has 112 valence electrons. The van der Waals surface area contributed by atoms with Gasteiger partial charge < -0.3 is 10.2 Å². The molecular weight excluding hydrogens is 343 g/mol. The third-order valence-electron chi connectivity index (χ3n) is 3.08. The van der Waals surface area contributed by atoms with Crippen LogP contribution in [0.15, 0.2) is 22.8 Å². The standard InChI is InChI=1S/C14H14BrFN2O3/c1-8-5-10(15)11(16)6-12(8)18-7-9(3-2-4-19)13(17-18)14(20)21/h5-7,19H,2-4H2,1H3,(H,20,21). The predicted octanol–water partition coefficient (Wildman–Crippen LogP) is 2.71. The van der Waals surface area contributed by atoms with Crippen molar-refractivity contribution in [2.75, 3.05) is 6.61 Å². The van der Waals surface area contributed by atoms with E-state index in [0.29, 0.717) is 28.6 Å². The van der Waals surface area contributed by atoms with Gasteiger partial charge in [-0.15, -0.1) is 0 Å². The van der Waals surface area contributed by atoms with Gasteiger partial charge in [0.25, 0.3) is 0 Å². The minimum absolute atomic E-state index is 0.0316. The summed E-state index contributed by atoms with van der Waals surface area (Å²) in [6.07, 6.45) is 2.41. The zero-order valence-corrected chi connectivity index (χ0v) is 12.9. The maximum Gasteiger partial charge on any atom is 0.356 e. The number of nitrogens with zero attached hydrogens (tertiary/aromatic N) is 2. The SMILES string of the molecule is Cc1cc(Br)c(F)cc1-n1cc(CCCO)c(C(=O)O)n1. The first-order valence-electron chi connectivity index (χ1n) is 6.32. The van der Waals surface area contributed by atoms with Crippen molar-refractivity contribution in [3.05, 3.63) is 45.4 Å². The molecule has 0 saturated heterocycles. The number of hydrogen-bond acceptors (Lipinski definition) is 3. The summed E-state index contributed by atoms with van der Waals surface area (Å²) in [5, 5.41) is 22.1. The molecular formula is C14H14BrFN2O3. The van der Waals surface area contributed by atoms with Crippen LogP contribution in [0.2, 0.25) is 0 Å². The fourth-order valence-electron chi connectivity index (χ4n) is 2.05. The van der Waals surface area contributed by atoms with E-state index in [2.05, 4.69) is 21.0 Å². The Morgan fingerprint density at radius 2 is 2.19 bits per heavy atom. The smallest absolute Gasteiger partial charge is 0.356 e. The highest BCUT2D eigenvalue weighted by atomic mass is 79.9. The lowest BCUT2D eigenvalue weighted by atomic mass is 10.1. The first-order chi connectivity index (χ1) is 9.93. The summed E-state index contributed by atoms with van der Waals surface area (Å²) in [7, 11) is 0. The first kappa shape index (κ1) is 15.7. The number of carbonyl (C=O) groups is 1. The van der Waals surface area contributed by atoms with Crippen molar-refractivity contribution in [1.82, 2.24) is 9.78 Å². The van der Waals surface area contributed by atoms with E-state index in [4.69, 9.17) is 5.11 Å². The summed E-state index contributed by atoms with van der Waals surface area (Å²) < 4.78 is 15.4. The minimum atomic E-state index is -1.14. The van der Waals surface area contributed by atoms with Crippen LogP contribution in [0.4, 0.5) is 4.39 Å². The van der Waals surface area contributed by atoms with Crippen LogP contribution in [0.25, 0.3) is 5.69 Å². The summed E-state index contributed by atoms with van der Waals surface area (Å²) in [5.74, 6) is -1.59. The molecule has 0 aliphatic carbocycles. The molecule has 5 nitrogen and oxygen atoms in total. The van der Waals surface area contributed by atoms with E-state index < -0.39 is 11.8 Å². The van der Waals surface area contributed by atoms with Crippen LogP contribution in [-0.2, 0) is 6.42 Å². The van der Waals surface area contributed by atoms with Crippen LogP contribution < -0.4 is 0 Å². The van der Waals surface area contributed by atoms with Crippen LogP contribution in [0.1, 0.15) is 28.0 Å². The Morgan fingerprint density at radius 1 is 1.48 bits per heavy atom. The number of benzene rings is 1. The zero-order valence-electron chi connectivity index (χ0n) is 11.3. The van der Waals surface area contributed by atoms with Gasteiger partial charge in [0, 0.05) is 24.4 Å². The zero-order chi connectivity index (χ0) is 15.6. The second-order valence-corrected chi connectivity index (χ2v) is 5.49. The number of aliphatic hydroxyl groups excluding tert-OH is 1. The van der Waals surface area contributed by atoms with Crippen LogP contribution in [0, 0.1) is 12.7 Å². The Balaban J connectivity index is 2.49. The topological polar surface area (TPSA) is 75.4 Å². The number of aryl methyl sites for hydroxylation is 2. The van der Waals surface area contributed by atoms with Gasteiger partial charge in [-0.05, 0) is 47.3 Å². The van der Waals surface area contributed by atoms with E-state index in [1.165, 1.54) is 10.7 Å². The molecule has 0 saturated carbocycles. The second-order valence-electron chi connectivity index (χ2n) is 4.63. The van der Waals surface area contributed by atoms with Crippen molar-refractivity contribution in [3.8, 4) is 5.69 Å². The molecule has 7 heteroatoms. The molecule has 2 aromatic rings. The van der Waals surface area contributed by atoms with Gasteiger partial charge in [0.1, 0.15) is 5.82 Å². The highest BCUT2D eigenvalue weighted by molar-refractivity contribution is 9.10. The van der Waals surface area contributed by atoms with E-state index in [-0.39, 0.29) is 12.3 Å². The third kappa shape index (κ3) is 3.30. The lowest BCUT2D eigenvalue weighted by Gasteiger charge is -2.07. The molecule has 21 heavy (non-hydrogen) atoms. The lowest BCUT2D eigenvalue weighted by molar-refractivity contribution is 0.0688. The first-order valence-corrected chi connectivity index (χ1v) is 7.12. The predicted molar refractivity (Wildman–Crippen MR) is 78.3 cm³/mol. The Labute approximate surface area is 129 Å². The minimum Gasteiger partial charge on any atom is -0.476 e. The van der Waals surface area contributed by atoms with Crippen molar-refractivity contribution >= 4 is 21.9 Å². The van der Waals surface area contributed by atoms with Gasteiger partial charge in [0.2, 0.25) is 0 Å². The molecule has 2 N–H and O–H groups in total. The Morgan fingerprint density at radius 3 is 2.81 bits per heavy atom. The van der Waals surface area contributed by atoms with Crippen molar-refractivity contribution in [3.63, 3.8) is 0 Å². The molecule has 0 spiro atoms. The normalized spacial score (nSPS) is 10.9. The van der Waals surface area contributed by atoms with Crippen molar-refractivity contribution < 1.29 is 19.4 Å². The number of carboxylic acid groups (broad SMARTS) is 1. The number of halogens is 2. The maximum atomic E-state index is 13.7. The highest BCUT2D eigenvalue weighted by Crippen LogP contribution is 2.24. The van der Waals surface area contributed by atoms with E-state index in [1.807, 2.05) is 0 Å². The van der Waals surface area contributed by atoms with Crippen molar-refractivity contribution in [2.24, 2.45) is 0 Å². The third-order valence-corrected chi connectivity index (χ3v) is 3.69. The van der Waals surface area contributed by atoms with Gasteiger partial charge >= 0.3 is 5.97 Å². The molecule has 2 rings (SSSR count). The summed E-state index contributed by atoms with van der Waals surface area (Å²) in [6.45, 7) is 1.76. The van der Waals surface area contributed by atoms with Crippen LogP contribution in [0.5, 0.6) is 0 Å². The molecule has 1 heterocycles. The van der Waals surface area contributed by atoms with E-state index in [1.54, 1.807) is 19.2 Å². The average molecular weight is 357 g/mol. The number of aromatic nitrogens is 2. The van der Waals surface area contributed by atoms with E-state index >= 15 is 0 Å². The van der Waals surface area contributed by atoms with E-state index in [0.717, 1.165) is 5.56 Å².